The Hall–Kier alpha value is -1.64. The van der Waals surface area contributed by atoms with Gasteiger partial charge in [-0.3, -0.25) is 0 Å². The summed E-state index contributed by atoms with van der Waals surface area (Å²) < 4.78 is 0. The van der Waals surface area contributed by atoms with E-state index in [1.807, 2.05) is 19.1 Å². The number of aromatic nitrogens is 2. The van der Waals surface area contributed by atoms with Crippen LogP contribution < -0.4 is 10.5 Å². The standard InChI is InChI=1S/C9H8N2O/c1-6-2-3-7-4-5-8(12)11-9(7)10-6/h2-5H,1H3,(H,10,11,12)/p+1. The molecule has 0 spiro atoms. The van der Waals surface area contributed by atoms with Crippen LogP contribution >= 0.6 is 0 Å². The summed E-state index contributed by atoms with van der Waals surface area (Å²) in [5, 5.41) is 1.01. The Kier molecular flexibility index (Phi) is 1.43. The van der Waals surface area contributed by atoms with Gasteiger partial charge in [0.25, 0.3) is 5.65 Å². The Morgan fingerprint density at radius 2 is 2.00 bits per heavy atom. The molecule has 12 heavy (non-hydrogen) atoms. The van der Waals surface area contributed by atoms with Gasteiger partial charge < -0.3 is 0 Å². The number of nitrogens with one attached hydrogen (secondary N) is 2. The zero-order valence-electron chi connectivity index (χ0n) is 6.72. The Labute approximate surface area is 69.1 Å². The van der Waals surface area contributed by atoms with Gasteiger partial charge in [-0.05, 0) is 25.1 Å². The highest BCUT2D eigenvalue weighted by Gasteiger charge is 2.00. The van der Waals surface area contributed by atoms with Crippen LogP contribution in [0.4, 0.5) is 0 Å². The van der Waals surface area contributed by atoms with E-state index in [9.17, 15) is 4.79 Å². The first-order chi connectivity index (χ1) is 5.75. The molecule has 0 aliphatic carbocycles. The van der Waals surface area contributed by atoms with Crippen LogP contribution in [0.15, 0.2) is 29.1 Å². The van der Waals surface area contributed by atoms with Crippen molar-refractivity contribution in [1.29, 1.82) is 0 Å². The summed E-state index contributed by atoms with van der Waals surface area (Å²) in [6.45, 7) is 1.95. The maximum atomic E-state index is 10.9. The summed E-state index contributed by atoms with van der Waals surface area (Å²) in [7, 11) is 0. The first kappa shape index (κ1) is 7.03. The molecule has 0 radical (unpaired) electrons. The average Bonchev–Trinajstić information content (AvgIpc) is 2.03. The molecule has 0 saturated carbocycles. The fourth-order valence-corrected chi connectivity index (χ4v) is 1.18. The Bertz CT molecular complexity index is 473. The smallest absolute Gasteiger partial charge is 0.244 e. The lowest BCUT2D eigenvalue weighted by Crippen LogP contribution is -2.14. The van der Waals surface area contributed by atoms with Crippen LogP contribution in [0.3, 0.4) is 0 Å². The molecule has 0 saturated heterocycles. The van der Waals surface area contributed by atoms with Crippen LogP contribution in [0, 0.1) is 6.92 Å². The van der Waals surface area contributed by atoms with E-state index < -0.39 is 0 Å². The summed E-state index contributed by atoms with van der Waals surface area (Å²) in [6, 6.07) is 7.26. The van der Waals surface area contributed by atoms with Crippen LogP contribution in [0.25, 0.3) is 11.0 Å². The van der Waals surface area contributed by atoms with Crippen LogP contribution in [0.1, 0.15) is 5.69 Å². The highest BCUT2D eigenvalue weighted by Crippen LogP contribution is 2.02. The molecule has 2 aromatic rings. The van der Waals surface area contributed by atoms with Gasteiger partial charge in [-0.1, -0.05) is 0 Å². The van der Waals surface area contributed by atoms with Gasteiger partial charge in [-0.15, -0.1) is 0 Å². The summed E-state index contributed by atoms with van der Waals surface area (Å²) >= 11 is 0. The monoisotopic (exact) mass is 161 g/mol. The Morgan fingerprint density at radius 3 is 2.83 bits per heavy atom. The Morgan fingerprint density at radius 1 is 1.25 bits per heavy atom. The van der Waals surface area contributed by atoms with Gasteiger partial charge in [0.15, 0.2) is 0 Å². The number of rotatable bonds is 0. The summed E-state index contributed by atoms with van der Waals surface area (Å²) in [5.41, 5.74) is 1.73. The number of pyridine rings is 2. The predicted molar refractivity (Wildman–Crippen MR) is 45.9 cm³/mol. The van der Waals surface area contributed by atoms with E-state index in [-0.39, 0.29) is 5.56 Å². The highest BCUT2D eigenvalue weighted by molar-refractivity contribution is 5.70. The first-order valence-electron chi connectivity index (χ1n) is 3.78. The number of H-pyrrole nitrogens is 2. The van der Waals surface area contributed by atoms with Gasteiger partial charge in [0, 0.05) is 6.07 Å². The fourth-order valence-electron chi connectivity index (χ4n) is 1.18. The van der Waals surface area contributed by atoms with E-state index in [0.717, 1.165) is 16.7 Å². The molecular formula is C9H9N2O+. The third kappa shape index (κ3) is 1.09. The second-order valence-corrected chi connectivity index (χ2v) is 2.79. The third-order valence-corrected chi connectivity index (χ3v) is 1.79. The molecule has 60 valence electrons. The lowest BCUT2D eigenvalue weighted by molar-refractivity contribution is -0.357. The normalized spacial score (nSPS) is 10.4. The zero-order valence-corrected chi connectivity index (χ0v) is 6.72. The molecule has 0 atom stereocenters. The molecule has 0 aliphatic heterocycles. The number of aromatic amines is 2. The molecule has 2 aromatic heterocycles. The minimum atomic E-state index is -0.0793. The zero-order chi connectivity index (χ0) is 8.55. The topological polar surface area (TPSA) is 47.0 Å². The van der Waals surface area contributed by atoms with Crippen molar-refractivity contribution >= 4 is 11.0 Å². The second kappa shape index (κ2) is 2.44. The Balaban J connectivity index is 2.89. The summed E-state index contributed by atoms with van der Waals surface area (Å²) in [4.78, 5) is 16.7. The minimum absolute atomic E-state index is 0.0793. The van der Waals surface area contributed by atoms with E-state index in [2.05, 4.69) is 9.97 Å². The number of aryl methyl sites for hydroxylation is 1. The van der Waals surface area contributed by atoms with Gasteiger partial charge >= 0.3 is 5.56 Å². The van der Waals surface area contributed by atoms with Gasteiger partial charge in [0.05, 0.1) is 11.1 Å². The van der Waals surface area contributed by atoms with E-state index in [1.165, 1.54) is 6.07 Å². The first-order valence-corrected chi connectivity index (χ1v) is 3.78. The third-order valence-electron chi connectivity index (χ3n) is 1.79. The number of hydrogen-bond donors (Lipinski definition) is 1. The maximum Gasteiger partial charge on any atom is 0.331 e. The summed E-state index contributed by atoms with van der Waals surface area (Å²) in [6.07, 6.45) is 0. The lowest BCUT2D eigenvalue weighted by Gasteiger charge is -1.90. The molecule has 0 fully saturated rings. The molecule has 3 nitrogen and oxygen atoms in total. The SMILES string of the molecule is Cc1ccc2ccc(=O)[nH]c2[nH+]1. The van der Waals surface area contributed by atoms with Crippen molar-refractivity contribution in [2.75, 3.05) is 0 Å². The van der Waals surface area contributed by atoms with Gasteiger partial charge in [-0.2, -0.15) is 0 Å². The molecule has 2 N–H and O–H groups in total. The molecule has 0 aromatic carbocycles. The van der Waals surface area contributed by atoms with Crippen LogP contribution in [-0.2, 0) is 0 Å². The van der Waals surface area contributed by atoms with Gasteiger partial charge in [0.1, 0.15) is 0 Å². The van der Waals surface area contributed by atoms with E-state index in [0.29, 0.717) is 0 Å². The fraction of sp³-hybridized carbons (Fsp3) is 0.111. The molecule has 0 unspecified atom stereocenters. The average molecular weight is 161 g/mol. The van der Waals surface area contributed by atoms with Crippen molar-refractivity contribution in [3.05, 3.63) is 40.3 Å². The maximum absolute atomic E-state index is 10.9. The van der Waals surface area contributed by atoms with Gasteiger partial charge in [0.2, 0.25) is 0 Å². The van der Waals surface area contributed by atoms with E-state index in [4.69, 9.17) is 0 Å². The molecule has 2 rings (SSSR count). The summed E-state index contributed by atoms with van der Waals surface area (Å²) in [5.74, 6) is 0. The predicted octanol–water partition coefficient (Wildman–Crippen LogP) is 0.651. The minimum Gasteiger partial charge on any atom is -0.244 e. The van der Waals surface area contributed by atoms with Gasteiger partial charge in [-0.25, -0.2) is 14.8 Å². The van der Waals surface area contributed by atoms with Crippen molar-refractivity contribution in [3.8, 4) is 0 Å². The molecule has 0 bridgehead atoms. The highest BCUT2D eigenvalue weighted by atomic mass is 16.1. The van der Waals surface area contributed by atoms with Crippen molar-refractivity contribution in [3.63, 3.8) is 0 Å². The van der Waals surface area contributed by atoms with Crippen molar-refractivity contribution < 1.29 is 4.98 Å². The lowest BCUT2D eigenvalue weighted by atomic mass is 10.3. The van der Waals surface area contributed by atoms with Crippen LogP contribution in [-0.4, -0.2) is 4.98 Å². The van der Waals surface area contributed by atoms with Crippen LogP contribution in [0.5, 0.6) is 0 Å². The van der Waals surface area contributed by atoms with E-state index >= 15 is 0 Å². The molecular weight excluding hydrogens is 152 g/mol. The number of hydrogen-bond acceptors (Lipinski definition) is 1. The molecule has 0 aliphatic rings. The molecule has 2 heterocycles. The van der Waals surface area contributed by atoms with Crippen molar-refractivity contribution in [2.24, 2.45) is 0 Å². The van der Waals surface area contributed by atoms with Crippen LogP contribution in [0.2, 0.25) is 0 Å². The van der Waals surface area contributed by atoms with Crippen molar-refractivity contribution in [1.82, 2.24) is 4.98 Å². The quantitative estimate of drug-likeness (QED) is 0.606. The number of fused-ring (bicyclic) bond motifs is 1. The van der Waals surface area contributed by atoms with Crippen molar-refractivity contribution in [2.45, 2.75) is 6.92 Å². The van der Waals surface area contributed by atoms with E-state index in [1.54, 1.807) is 6.07 Å². The molecule has 0 amide bonds. The second-order valence-electron chi connectivity index (χ2n) is 2.79. The molecule has 3 heteroatoms. The largest absolute Gasteiger partial charge is 0.331 e.